The molecule has 0 spiro atoms. The summed E-state index contributed by atoms with van der Waals surface area (Å²) in [7, 11) is 0. The van der Waals surface area contributed by atoms with E-state index in [1.807, 2.05) is 35.5 Å². The van der Waals surface area contributed by atoms with Crippen molar-refractivity contribution in [1.29, 1.82) is 0 Å². The number of pyridine rings is 2. The number of anilines is 1. The molecule has 2 aromatic heterocycles. The third-order valence-electron chi connectivity index (χ3n) is 5.76. The molecule has 5 rings (SSSR count). The van der Waals surface area contributed by atoms with Gasteiger partial charge in [-0.05, 0) is 25.1 Å². The fourth-order valence-electron chi connectivity index (χ4n) is 4.13. The van der Waals surface area contributed by atoms with Gasteiger partial charge >= 0.3 is 0 Å². The Hall–Kier alpha value is -3.54. The molecule has 0 N–H and O–H groups in total. The van der Waals surface area contributed by atoms with Crippen molar-refractivity contribution >= 4 is 33.3 Å². The van der Waals surface area contributed by atoms with E-state index in [-0.39, 0.29) is 11.7 Å². The third-order valence-corrected chi connectivity index (χ3v) is 5.76. The molecule has 6 heteroatoms. The highest BCUT2D eigenvalue weighted by Crippen LogP contribution is 2.27. The van der Waals surface area contributed by atoms with Crippen LogP contribution in [0.25, 0.3) is 21.7 Å². The van der Waals surface area contributed by atoms with Crippen molar-refractivity contribution in [3.8, 4) is 0 Å². The molecule has 0 unspecified atom stereocenters. The molecule has 0 saturated carbocycles. The highest BCUT2D eigenvalue weighted by molar-refractivity contribution is 5.99. The average Bonchev–Trinajstić information content (AvgIpc) is 2.78. The molecule has 4 aromatic rings. The predicted molar refractivity (Wildman–Crippen MR) is 116 cm³/mol. The summed E-state index contributed by atoms with van der Waals surface area (Å²) in [5.41, 5.74) is 2.87. The fourth-order valence-corrected chi connectivity index (χ4v) is 4.13. The minimum Gasteiger partial charge on any atom is -0.366 e. The van der Waals surface area contributed by atoms with Crippen molar-refractivity contribution in [2.75, 3.05) is 31.1 Å². The van der Waals surface area contributed by atoms with Gasteiger partial charge in [-0.25, -0.2) is 4.39 Å². The number of aryl methyl sites for hydroxylation is 1. The standard InChI is InChI=1S/C24H21FN4O/c1-16-21(12-17-6-7-19(25)13-22(17)27-16)24(30)29-10-8-28(9-11-29)23-15-26-14-18-4-2-3-5-20(18)23/h2-7,12-15H,8-11H2,1H3. The Balaban J connectivity index is 1.36. The largest absolute Gasteiger partial charge is 0.366 e. The lowest BCUT2D eigenvalue weighted by Gasteiger charge is -2.36. The Morgan fingerprint density at radius 2 is 1.77 bits per heavy atom. The van der Waals surface area contributed by atoms with Crippen LogP contribution in [0.1, 0.15) is 16.1 Å². The molecule has 150 valence electrons. The van der Waals surface area contributed by atoms with Crippen molar-refractivity contribution in [2.45, 2.75) is 6.92 Å². The predicted octanol–water partition coefficient (Wildman–Crippen LogP) is 4.19. The van der Waals surface area contributed by atoms with Crippen LogP contribution in [0.15, 0.2) is 60.9 Å². The van der Waals surface area contributed by atoms with E-state index in [2.05, 4.69) is 27.0 Å². The van der Waals surface area contributed by atoms with Crippen molar-refractivity contribution in [3.05, 3.63) is 78.0 Å². The van der Waals surface area contributed by atoms with Gasteiger partial charge in [-0.1, -0.05) is 24.3 Å². The van der Waals surface area contributed by atoms with Gasteiger partial charge in [0.25, 0.3) is 5.91 Å². The summed E-state index contributed by atoms with van der Waals surface area (Å²) in [5.74, 6) is -0.352. The Bertz CT molecular complexity index is 1260. The third kappa shape index (κ3) is 3.24. The van der Waals surface area contributed by atoms with Crippen LogP contribution in [0.5, 0.6) is 0 Å². The van der Waals surface area contributed by atoms with Gasteiger partial charge in [0, 0.05) is 54.6 Å². The Morgan fingerprint density at radius 1 is 0.967 bits per heavy atom. The van der Waals surface area contributed by atoms with Gasteiger partial charge in [0.15, 0.2) is 0 Å². The maximum Gasteiger partial charge on any atom is 0.255 e. The van der Waals surface area contributed by atoms with E-state index >= 15 is 0 Å². The number of aromatic nitrogens is 2. The smallest absolute Gasteiger partial charge is 0.255 e. The minimum absolute atomic E-state index is 0.0260. The second-order valence-corrected chi connectivity index (χ2v) is 7.62. The second-order valence-electron chi connectivity index (χ2n) is 7.62. The van der Waals surface area contributed by atoms with Crippen LogP contribution >= 0.6 is 0 Å². The molecular weight excluding hydrogens is 379 g/mol. The van der Waals surface area contributed by atoms with E-state index < -0.39 is 0 Å². The first-order valence-corrected chi connectivity index (χ1v) is 10.0. The van der Waals surface area contributed by atoms with E-state index in [1.54, 1.807) is 13.0 Å². The van der Waals surface area contributed by atoms with Gasteiger partial charge in [0.05, 0.1) is 28.7 Å². The summed E-state index contributed by atoms with van der Waals surface area (Å²) in [6.07, 6.45) is 3.77. The van der Waals surface area contributed by atoms with Gasteiger partial charge in [-0.3, -0.25) is 14.8 Å². The maximum atomic E-state index is 13.5. The molecule has 0 aliphatic carbocycles. The van der Waals surface area contributed by atoms with Gasteiger partial charge in [-0.2, -0.15) is 0 Å². The summed E-state index contributed by atoms with van der Waals surface area (Å²) < 4.78 is 13.5. The molecule has 0 bridgehead atoms. The number of amides is 1. The second kappa shape index (κ2) is 7.37. The number of carbonyl (C=O) groups excluding carboxylic acids is 1. The number of hydrogen-bond acceptors (Lipinski definition) is 4. The van der Waals surface area contributed by atoms with Crippen molar-refractivity contribution < 1.29 is 9.18 Å². The number of halogens is 1. The van der Waals surface area contributed by atoms with E-state index in [4.69, 9.17) is 0 Å². The normalized spacial score (nSPS) is 14.5. The van der Waals surface area contributed by atoms with Crippen molar-refractivity contribution in [1.82, 2.24) is 14.9 Å². The molecule has 0 atom stereocenters. The number of carbonyl (C=O) groups is 1. The number of hydrogen-bond donors (Lipinski definition) is 0. The molecule has 1 amide bonds. The topological polar surface area (TPSA) is 49.3 Å². The Kier molecular flexibility index (Phi) is 4.54. The molecule has 1 aliphatic rings. The summed E-state index contributed by atoms with van der Waals surface area (Å²) in [5, 5.41) is 3.06. The van der Waals surface area contributed by atoms with E-state index in [0.29, 0.717) is 29.9 Å². The van der Waals surface area contributed by atoms with Gasteiger partial charge in [0.2, 0.25) is 0 Å². The fraction of sp³-hybridized carbons (Fsp3) is 0.208. The summed E-state index contributed by atoms with van der Waals surface area (Å²) in [6.45, 7) is 4.54. The van der Waals surface area contributed by atoms with Crippen LogP contribution in [0, 0.1) is 12.7 Å². The molecule has 30 heavy (non-hydrogen) atoms. The first-order valence-electron chi connectivity index (χ1n) is 10.0. The van der Waals surface area contributed by atoms with E-state index in [9.17, 15) is 9.18 Å². The molecule has 5 nitrogen and oxygen atoms in total. The van der Waals surface area contributed by atoms with Gasteiger partial charge < -0.3 is 9.80 Å². The maximum absolute atomic E-state index is 13.5. The highest BCUT2D eigenvalue weighted by Gasteiger charge is 2.25. The quantitative estimate of drug-likeness (QED) is 0.506. The molecule has 3 heterocycles. The van der Waals surface area contributed by atoms with E-state index in [1.165, 1.54) is 17.5 Å². The molecule has 1 saturated heterocycles. The van der Waals surface area contributed by atoms with Crippen molar-refractivity contribution in [3.63, 3.8) is 0 Å². The Labute approximate surface area is 173 Å². The molecule has 1 aliphatic heterocycles. The highest BCUT2D eigenvalue weighted by atomic mass is 19.1. The number of benzene rings is 2. The minimum atomic E-state index is -0.326. The number of piperazine rings is 1. The number of nitrogens with zero attached hydrogens (tertiary/aromatic N) is 4. The number of fused-ring (bicyclic) bond motifs is 2. The zero-order chi connectivity index (χ0) is 20.7. The van der Waals surface area contributed by atoms with Crippen LogP contribution < -0.4 is 4.90 Å². The molecule has 2 aromatic carbocycles. The van der Waals surface area contributed by atoms with Gasteiger partial charge in [0.1, 0.15) is 5.82 Å². The number of rotatable bonds is 2. The van der Waals surface area contributed by atoms with Crippen LogP contribution in [-0.4, -0.2) is 47.0 Å². The molecule has 1 fully saturated rings. The van der Waals surface area contributed by atoms with Gasteiger partial charge in [-0.15, -0.1) is 0 Å². The van der Waals surface area contributed by atoms with Crippen LogP contribution in [0.2, 0.25) is 0 Å². The first-order chi connectivity index (χ1) is 14.6. The van der Waals surface area contributed by atoms with Crippen molar-refractivity contribution in [2.24, 2.45) is 0 Å². The lowest BCUT2D eigenvalue weighted by molar-refractivity contribution is 0.0746. The van der Waals surface area contributed by atoms with E-state index in [0.717, 1.165) is 29.5 Å². The zero-order valence-electron chi connectivity index (χ0n) is 16.7. The lowest BCUT2D eigenvalue weighted by atomic mass is 10.1. The monoisotopic (exact) mass is 400 g/mol. The summed E-state index contributed by atoms with van der Waals surface area (Å²) >= 11 is 0. The summed E-state index contributed by atoms with van der Waals surface area (Å²) in [4.78, 5) is 26.1. The average molecular weight is 400 g/mol. The SMILES string of the molecule is Cc1nc2cc(F)ccc2cc1C(=O)N1CCN(c2cncc3ccccc23)CC1. The summed E-state index contributed by atoms with van der Waals surface area (Å²) in [6, 6.07) is 14.5. The Morgan fingerprint density at radius 3 is 2.60 bits per heavy atom. The van der Waals surface area contributed by atoms with Crippen LogP contribution in [-0.2, 0) is 0 Å². The first kappa shape index (κ1) is 18.5. The molecular formula is C24H21FN4O. The zero-order valence-corrected chi connectivity index (χ0v) is 16.7. The lowest BCUT2D eigenvalue weighted by Crippen LogP contribution is -2.49. The van der Waals surface area contributed by atoms with Crippen LogP contribution in [0.4, 0.5) is 10.1 Å². The van der Waals surface area contributed by atoms with Crippen LogP contribution in [0.3, 0.4) is 0 Å². The molecule has 0 radical (unpaired) electrons.